The predicted octanol–water partition coefficient (Wildman–Crippen LogP) is 2.66. The second-order valence-corrected chi connectivity index (χ2v) is 5.40. The first-order valence-electron chi connectivity index (χ1n) is 6.70. The van der Waals surface area contributed by atoms with E-state index in [0.717, 1.165) is 11.3 Å². The number of carbonyl (C=O) groups excluding carboxylic acids is 2. The van der Waals surface area contributed by atoms with Crippen molar-refractivity contribution in [3.8, 4) is 11.3 Å². The largest absolute Gasteiger partial charge is 0.356 e. The summed E-state index contributed by atoms with van der Waals surface area (Å²) in [5, 5.41) is 7.95. The monoisotopic (exact) mass is 303 g/mol. The molecule has 1 heterocycles. The van der Waals surface area contributed by atoms with Gasteiger partial charge in [0.15, 0.2) is 5.13 Å². The lowest BCUT2D eigenvalue weighted by atomic mass is 10.2. The van der Waals surface area contributed by atoms with Crippen molar-refractivity contribution in [3.63, 3.8) is 0 Å². The molecule has 0 bridgehead atoms. The van der Waals surface area contributed by atoms with Crippen LogP contribution in [0.1, 0.15) is 19.8 Å². The molecule has 2 aromatic rings. The van der Waals surface area contributed by atoms with E-state index < -0.39 is 0 Å². The van der Waals surface area contributed by atoms with Crippen LogP contribution in [0.15, 0.2) is 35.7 Å². The Morgan fingerprint density at radius 2 is 2.00 bits per heavy atom. The van der Waals surface area contributed by atoms with Crippen LogP contribution in [0.5, 0.6) is 0 Å². The van der Waals surface area contributed by atoms with E-state index in [1.165, 1.54) is 18.3 Å². The molecule has 0 unspecified atom stereocenters. The van der Waals surface area contributed by atoms with E-state index in [-0.39, 0.29) is 11.8 Å². The summed E-state index contributed by atoms with van der Waals surface area (Å²) in [6, 6.07) is 9.82. The summed E-state index contributed by atoms with van der Waals surface area (Å²) in [4.78, 5) is 26.8. The molecule has 2 N–H and O–H groups in total. The van der Waals surface area contributed by atoms with E-state index >= 15 is 0 Å². The molecule has 0 aliphatic rings. The normalized spacial score (nSPS) is 10.1. The van der Waals surface area contributed by atoms with Crippen molar-refractivity contribution in [1.82, 2.24) is 10.3 Å². The fourth-order valence-corrected chi connectivity index (χ4v) is 2.50. The van der Waals surface area contributed by atoms with Gasteiger partial charge in [-0.3, -0.25) is 9.59 Å². The van der Waals surface area contributed by atoms with Gasteiger partial charge in [0.2, 0.25) is 11.8 Å². The maximum atomic E-state index is 11.7. The SMILES string of the molecule is CC(=O)NCCCC(=O)Nc1nc(-c2ccccc2)cs1. The molecule has 0 aliphatic heterocycles. The van der Waals surface area contributed by atoms with Crippen LogP contribution in [0, 0.1) is 0 Å². The van der Waals surface area contributed by atoms with Crippen molar-refractivity contribution in [1.29, 1.82) is 0 Å². The Hall–Kier alpha value is -2.21. The van der Waals surface area contributed by atoms with Crippen LogP contribution < -0.4 is 10.6 Å². The number of hydrogen-bond acceptors (Lipinski definition) is 4. The highest BCUT2D eigenvalue weighted by atomic mass is 32.1. The van der Waals surface area contributed by atoms with Crippen molar-refractivity contribution >= 4 is 28.3 Å². The average Bonchev–Trinajstić information content (AvgIpc) is 2.93. The van der Waals surface area contributed by atoms with Gasteiger partial charge >= 0.3 is 0 Å². The zero-order chi connectivity index (χ0) is 15.1. The van der Waals surface area contributed by atoms with E-state index in [0.29, 0.717) is 24.5 Å². The third-order valence-corrected chi connectivity index (χ3v) is 3.53. The van der Waals surface area contributed by atoms with Crippen LogP contribution >= 0.6 is 11.3 Å². The Kier molecular flexibility index (Phi) is 5.45. The molecule has 21 heavy (non-hydrogen) atoms. The van der Waals surface area contributed by atoms with Crippen LogP contribution in [-0.4, -0.2) is 23.3 Å². The van der Waals surface area contributed by atoms with Gasteiger partial charge in [-0.15, -0.1) is 11.3 Å². The van der Waals surface area contributed by atoms with Gasteiger partial charge < -0.3 is 10.6 Å². The number of amides is 2. The first kappa shape index (κ1) is 15.2. The van der Waals surface area contributed by atoms with Gasteiger partial charge in [-0.1, -0.05) is 30.3 Å². The van der Waals surface area contributed by atoms with Crippen LogP contribution in [0.2, 0.25) is 0 Å². The maximum absolute atomic E-state index is 11.7. The van der Waals surface area contributed by atoms with Crippen LogP contribution in [0.25, 0.3) is 11.3 Å². The Balaban J connectivity index is 1.82. The molecule has 0 saturated heterocycles. The smallest absolute Gasteiger partial charge is 0.226 e. The zero-order valence-corrected chi connectivity index (χ0v) is 12.6. The second kappa shape index (κ2) is 7.54. The number of rotatable bonds is 6. The number of nitrogens with zero attached hydrogens (tertiary/aromatic N) is 1. The lowest BCUT2D eigenvalue weighted by Crippen LogP contribution is -2.22. The minimum absolute atomic E-state index is 0.0807. The van der Waals surface area contributed by atoms with Crippen molar-refractivity contribution in [2.75, 3.05) is 11.9 Å². The fourth-order valence-electron chi connectivity index (χ4n) is 1.77. The molecule has 0 aliphatic carbocycles. The molecule has 5 nitrogen and oxygen atoms in total. The number of anilines is 1. The molecule has 1 aromatic carbocycles. The van der Waals surface area contributed by atoms with Crippen molar-refractivity contribution in [2.45, 2.75) is 19.8 Å². The molecular formula is C15H17N3O2S. The van der Waals surface area contributed by atoms with Gasteiger partial charge in [0.25, 0.3) is 0 Å². The van der Waals surface area contributed by atoms with Crippen molar-refractivity contribution < 1.29 is 9.59 Å². The zero-order valence-electron chi connectivity index (χ0n) is 11.8. The number of carbonyl (C=O) groups is 2. The van der Waals surface area contributed by atoms with Crippen molar-refractivity contribution in [2.24, 2.45) is 0 Å². The summed E-state index contributed by atoms with van der Waals surface area (Å²) in [5.41, 5.74) is 1.88. The quantitative estimate of drug-likeness (QED) is 0.806. The van der Waals surface area contributed by atoms with Gasteiger partial charge in [0, 0.05) is 30.8 Å². The van der Waals surface area contributed by atoms with E-state index in [4.69, 9.17) is 0 Å². The summed E-state index contributed by atoms with van der Waals surface area (Å²) < 4.78 is 0. The topological polar surface area (TPSA) is 71.1 Å². The lowest BCUT2D eigenvalue weighted by Gasteiger charge is -2.02. The predicted molar refractivity (Wildman–Crippen MR) is 84.1 cm³/mol. The summed E-state index contributed by atoms with van der Waals surface area (Å²) in [6.07, 6.45) is 0.975. The molecule has 1 aromatic heterocycles. The van der Waals surface area contributed by atoms with E-state index in [2.05, 4.69) is 15.6 Å². The standard InChI is InChI=1S/C15H17N3O2S/c1-11(19)16-9-5-8-14(20)18-15-17-13(10-21-15)12-6-3-2-4-7-12/h2-4,6-7,10H,5,8-9H2,1H3,(H,16,19)(H,17,18,20). The van der Waals surface area contributed by atoms with E-state index in [1.807, 2.05) is 35.7 Å². The number of hydrogen-bond donors (Lipinski definition) is 2. The van der Waals surface area contributed by atoms with Gasteiger partial charge in [0.1, 0.15) is 0 Å². The minimum atomic E-state index is -0.0886. The summed E-state index contributed by atoms with van der Waals surface area (Å²) in [6.45, 7) is 1.97. The van der Waals surface area contributed by atoms with Gasteiger partial charge in [-0.25, -0.2) is 4.98 Å². The number of thiazole rings is 1. The molecular weight excluding hydrogens is 286 g/mol. The first-order chi connectivity index (χ1) is 10.1. The summed E-state index contributed by atoms with van der Waals surface area (Å²) >= 11 is 1.40. The van der Waals surface area contributed by atoms with E-state index in [1.54, 1.807) is 0 Å². The molecule has 0 atom stereocenters. The molecule has 0 radical (unpaired) electrons. The third-order valence-electron chi connectivity index (χ3n) is 2.77. The lowest BCUT2D eigenvalue weighted by molar-refractivity contribution is -0.119. The Bertz CT molecular complexity index is 610. The minimum Gasteiger partial charge on any atom is -0.356 e. The highest BCUT2D eigenvalue weighted by molar-refractivity contribution is 7.14. The summed E-state index contributed by atoms with van der Waals surface area (Å²) in [7, 11) is 0. The highest BCUT2D eigenvalue weighted by Crippen LogP contribution is 2.24. The molecule has 2 rings (SSSR count). The van der Waals surface area contributed by atoms with Gasteiger partial charge in [-0.05, 0) is 6.42 Å². The Morgan fingerprint density at radius 3 is 2.71 bits per heavy atom. The molecule has 2 amide bonds. The van der Waals surface area contributed by atoms with Gasteiger partial charge in [-0.2, -0.15) is 0 Å². The first-order valence-corrected chi connectivity index (χ1v) is 7.58. The molecule has 110 valence electrons. The maximum Gasteiger partial charge on any atom is 0.226 e. The molecule has 0 saturated carbocycles. The summed E-state index contributed by atoms with van der Waals surface area (Å²) in [5.74, 6) is -0.169. The van der Waals surface area contributed by atoms with Crippen LogP contribution in [-0.2, 0) is 9.59 Å². The average molecular weight is 303 g/mol. The molecule has 0 spiro atoms. The van der Waals surface area contributed by atoms with Gasteiger partial charge in [0.05, 0.1) is 5.69 Å². The van der Waals surface area contributed by atoms with E-state index in [9.17, 15) is 9.59 Å². The Labute approximate surface area is 127 Å². The second-order valence-electron chi connectivity index (χ2n) is 4.54. The number of benzene rings is 1. The molecule has 0 fully saturated rings. The number of aromatic nitrogens is 1. The third kappa shape index (κ3) is 5.00. The Morgan fingerprint density at radius 1 is 1.24 bits per heavy atom. The van der Waals surface area contributed by atoms with Crippen LogP contribution in [0.3, 0.4) is 0 Å². The highest BCUT2D eigenvalue weighted by Gasteiger charge is 2.07. The number of nitrogens with one attached hydrogen (secondary N) is 2. The van der Waals surface area contributed by atoms with Crippen LogP contribution in [0.4, 0.5) is 5.13 Å². The van der Waals surface area contributed by atoms with Crippen molar-refractivity contribution in [3.05, 3.63) is 35.7 Å². The fraction of sp³-hybridized carbons (Fsp3) is 0.267. The molecule has 6 heteroatoms.